The second-order valence-corrected chi connectivity index (χ2v) is 7.81. The highest BCUT2D eigenvalue weighted by atomic mass is 35.5. The molecule has 0 aliphatic carbocycles. The topological polar surface area (TPSA) is 61.3 Å². The normalized spacial score (nSPS) is 11.2. The van der Waals surface area contributed by atoms with Crippen LogP contribution in [0.3, 0.4) is 0 Å². The van der Waals surface area contributed by atoms with E-state index in [1.807, 2.05) is 37.3 Å². The molecule has 0 bridgehead atoms. The lowest BCUT2D eigenvalue weighted by atomic mass is 9.87. The minimum Gasteiger partial charge on any atom is -0.435 e. The fourth-order valence-corrected chi connectivity index (χ4v) is 2.72. The lowest BCUT2D eigenvalue weighted by Gasteiger charge is -2.19. The van der Waals surface area contributed by atoms with Crippen LogP contribution in [0.25, 0.3) is 0 Å². The van der Waals surface area contributed by atoms with Crippen molar-refractivity contribution in [2.75, 3.05) is 0 Å². The van der Waals surface area contributed by atoms with Gasteiger partial charge in [-0.25, -0.2) is 4.79 Å². The van der Waals surface area contributed by atoms with Gasteiger partial charge in [0, 0.05) is 6.07 Å². The van der Waals surface area contributed by atoms with Crippen LogP contribution >= 0.6 is 11.6 Å². The second-order valence-electron chi connectivity index (χ2n) is 7.42. The van der Waals surface area contributed by atoms with Crippen LogP contribution in [-0.2, 0) is 5.41 Å². The number of halogens is 1. The summed E-state index contributed by atoms with van der Waals surface area (Å²) >= 11 is 5.95. The average molecular weight is 397 g/mol. The summed E-state index contributed by atoms with van der Waals surface area (Å²) in [6, 6.07) is 16.2. The Kier molecular flexibility index (Phi) is 5.66. The molecule has 6 heteroatoms. The summed E-state index contributed by atoms with van der Waals surface area (Å²) < 4.78 is 11.4. The molecule has 1 heterocycles. The van der Waals surface area contributed by atoms with Gasteiger partial charge in [-0.2, -0.15) is 0 Å². The minimum absolute atomic E-state index is 0.0365. The molecule has 0 saturated carbocycles. The zero-order chi connectivity index (χ0) is 20.3. The summed E-state index contributed by atoms with van der Waals surface area (Å²) in [6.07, 6.45) is 0. The van der Waals surface area contributed by atoms with Gasteiger partial charge >= 0.3 is 5.97 Å². The molecule has 0 spiro atoms. The summed E-state index contributed by atoms with van der Waals surface area (Å²) in [6.45, 7) is 8.18. The fourth-order valence-electron chi connectivity index (χ4n) is 2.58. The van der Waals surface area contributed by atoms with Gasteiger partial charge in [0.25, 0.3) is 5.88 Å². The molecule has 0 atom stereocenters. The van der Waals surface area contributed by atoms with Crippen molar-refractivity contribution in [1.82, 2.24) is 10.2 Å². The maximum absolute atomic E-state index is 12.6. The third-order valence-electron chi connectivity index (χ3n) is 4.18. The predicted molar refractivity (Wildman–Crippen MR) is 108 cm³/mol. The number of nitrogens with zero attached hydrogens (tertiary/aromatic N) is 2. The zero-order valence-electron chi connectivity index (χ0n) is 16.2. The Balaban J connectivity index is 1.90. The van der Waals surface area contributed by atoms with Crippen molar-refractivity contribution in [1.29, 1.82) is 0 Å². The number of aromatic nitrogens is 2. The highest BCUT2D eigenvalue weighted by Crippen LogP contribution is 2.33. The van der Waals surface area contributed by atoms with E-state index in [1.54, 1.807) is 18.2 Å². The van der Waals surface area contributed by atoms with Gasteiger partial charge in [-0.15, -0.1) is 10.2 Å². The smallest absolute Gasteiger partial charge is 0.343 e. The number of esters is 1. The molecule has 0 amide bonds. The Morgan fingerprint density at radius 3 is 2.46 bits per heavy atom. The molecule has 0 aliphatic heterocycles. The van der Waals surface area contributed by atoms with E-state index in [9.17, 15) is 4.79 Å². The maximum Gasteiger partial charge on any atom is 0.343 e. The van der Waals surface area contributed by atoms with Crippen LogP contribution in [0.5, 0.6) is 17.4 Å². The van der Waals surface area contributed by atoms with Crippen LogP contribution < -0.4 is 9.47 Å². The first-order chi connectivity index (χ1) is 13.2. The molecule has 2 aromatic carbocycles. The van der Waals surface area contributed by atoms with Crippen LogP contribution in [0.15, 0.2) is 54.6 Å². The van der Waals surface area contributed by atoms with Crippen molar-refractivity contribution in [3.8, 4) is 17.4 Å². The molecular weight excluding hydrogens is 376 g/mol. The molecule has 0 saturated heterocycles. The van der Waals surface area contributed by atoms with E-state index in [0.717, 1.165) is 11.1 Å². The minimum atomic E-state index is -0.518. The Labute approximate surface area is 169 Å². The molecule has 144 valence electrons. The molecule has 0 radical (unpaired) electrons. The van der Waals surface area contributed by atoms with Gasteiger partial charge in [-0.1, -0.05) is 62.7 Å². The van der Waals surface area contributed by atoms with Gasteiger partial charge in [0.05, 0.1) is 5.56 Å². The largest absolute Gasteiger partial charge is 0.435 e. The third-order valence-corrected chi connectivity index (χ3v) is 4.36. The first-order valence-corrected chi connectivity index (χ1v) is 9.21. The van der Waals surface area contributed by atoms with Crippen molar-refractivity contribution in [2.45, 2.75) is 33.1 Å². The zero-order valence-corrected chi connectivity index (χ0v) is 16.9. The summed E-state index contributed by atoms with van der Waals surface area (Å²) in [5, 5.41) is 7.86. The molecule has 0 unspecified atom stereocenters. The number of aryl methyl sites for hydroxylation is 1. The monoisotopic (exact) mass is 396 g/mol. The van der Waals surface area contributed by atoms with Crippen molar-refractivity contribution < 1.29 is 14.3 Å². The Hall–Kier alpha value is -2.92. The van der Waals surface area contributed by atoms with Gasteiger partial charge in [0.2, 0.25) is 0 Å². The van der Waals surface area contributed by atoms with E-state index in [0.29, 0.717) is 11.3 Å². The predicted octanol–water partition coefficient (Wildman–Crippen LogP) is 5.75. The lowest BCUT2D eigenvalue weighted by Crippen LogP contribution is -2.12. The second kappa shape index (κ2) is 7.98. The van der Waals surface area contributed by atoms with Crippen molar-refractivity contribution in [3.05, 3.63) is 76.4 Å². The average Bonchev–Trinajstić information content (AvgIpc) is 2.64. The van der Waals surface area contributed by atoms with Gasteiger partial charge in [0.1, 0.15) is 5.75 Å². The number of hydrogen-bond donors (Lipinski definition) is 0. The van der Waals surface area contributed by atoms with Crippen LogP contribution in [0.4, 0.5) is 0 Å². The van der Waals surface area contributed by atoms with E-state index in [2.05, 4.69) is 31.0 Å². The molecule has 3 aromatic rings. The Bertz CT molecular complexity index is 1010. The Morgan fingerprint density at radius 1 is 1.00 bits per heavy atom. The SMILES string of the molecule is Cc1ccccc1C(=O)Oc1cc(Cl)nnc1Oc1cccc(C(C)(C)C)c1. The number of hydrogen-bond acceptors (Lipinski definition) is 5. The first-order valence-electron chi connectivity index (χ1n) is 8.83. The van der Waals surface area contributed by atoms with Gasteiger partial charge in [-0.05, 0) is 41.7 Å². The summed E-state index contributed by atoms with van der Waals surface area (Å²) in [5.41, 5.74) is 2.33. The van der Waals surface area contributed by atoms with Crippen molar-refractivity contribution >= 4 is 17.6 Å². The highest BCUT2D eigenvalue weighted by Gasteiger charge is 2.19. The quantitative estimate of drug-likeness (QED) is 0.525. The molecule has 0 fully saturated rings. The third kappa shape index (κ3) is 4.67. The van der Waals surface area contributed by atoms with E-state index >= 15 is 0 Å². The molecular formula is C22H21ClN2O3. The Morgan fingerprint density at radius 2 is 1.75 bits per heavy atom. The van der Waals surface area contributed by atoms with Gasteiger partial charge < -0.3 is 9.47 Å². The first kappa shape index (κ1) is 19.8. The molecule has 0 aliphatic rings. The number of carbonyl (C=O) groups is 1. The van der Waals surface area contributed by atoms with E-state index in [4.69, 9.17) is 21.1 Å². The van der Waals surface area contributed by atoms with Crippen molar-refractivity contribution in [3.63, 3.8) is 0 Å². The number of carbonyl (C=O) groups excluding carboxylic acids is 1. The number of rotatable bonds is 4. The molecule has 3 rings (SSSR count). The lowest BCUT2D eigenvalue weighted by molar-refractivity contribution is 0.0728. The molecule has 0 N–H and O–H groups in total. The van der Waals surface area contributed by atoms with Gasteiger partial charge in [0.15, 0.2) is 10.9 Å². The van der Waals surface area contributed by atoms with Crippen LogP contribution in [0.1, 0.15) is 42.3 Å². The standard InChI is InChI=1S/C22H21ClN2O3/c1-14-8-5-6-11-17(14)21(26)28-18-13-19(23)24-25-20(18)27-16-10-7-9-15(12-16)22(2,3)4/h5-13H,1-4H3. The van der Waals surface area contributed by atoms with Crippen LogP contribution in [0, 0.1) is 6.92 Å². The van der Waals surface area contributed by atoms with E-state index in [-0.39, 0.29) is 22.2 Å². The van der Waals surface area contributed by atoms with E-state index in [1.165, 1.54) is 6.07 Å². The summed E-state index contributed by atoms with van der Waals surface area (Å²) in [5.74, 6) is 0.222. The van der Waals surface area contributed by atoms with E-state index < -0.39 is 5.97 Å². The van der Waals surface area contributed by atoms with Crippen LogP contribution in [-0.4, -0.2) is 16.2 Å². The van der Waals surface area contributed by atoms with Crippen LogP contribution in [0.2, 0.25) is 5.15 Å². The summed E-state index contributed by atoms with van der Waals surface area (Å²) in [7, 11) is 0. The molecule has 5 nitrogen and oxygen atoms in total. The number of benzene rings is 2. The molecule has 1 aromatic heterocycles. The molecule has 28 heavy (non-hydrogen) atoms. The summed E-state index contributed by atoms with van der Waals surface area (Å²) in [4.78, 5) is 12.6. The fraction of sp³-hybridized carbons (Fsp3) is 0.227. The highest BCUT2D eigenvalue weighted by molar-refractivity contribution is 6.29. The van der Waals surface area contributed by atoms with Gasteiger partial charge in [-0.3, -0.25) is 0 Å². The van der Waals surface area contributed by atoms with Crippen molar-refractivity contribution in [2.24, 2.45) is 0 Å². The number of ether oxygens (including phenoxy) is 2. The maximum atomic E-state index is 12.6.